The van der Waals surface area contributed by atoms with Crippen molar-refractivity contribution in [2.45, 2.75) is 25.4 Å². The molecule has 0 rings (SSSR count). The van der Waals surface area contributed by atoms with Crippen LogP contribution in [0.3, 0.4) is 0 Å². The van der Waals surface area contributed by atoms with Gasteiger partial charge in [-0.15, -0.1) is 0 Å². The molecule has 0 saturated carbocycles. The summed E-state index contributed by atoms with van der Waals surface area (Å²) in [7, 11) is 0. The van der Waals surface area contributed by atoms with Crippen molar-refractivity contribution in [3.05, 3.63) is 0 Å². The molecule has 96 valence electrons. The van der Waals surface area contributed by atoms with Gasteiger partial charge in [0.15, 0.2) is 0 Å². The number of amides is 1. The zero-order valence-corrected chi connectivity index (χ0v) is 8.98. The second kappa shape index (κ2) is 8.35. The molecule has 0 aliphatic rings. The summed E-state index contributed by atoms with van der Waals surface area (Å²) in [6, 6.07) is 0. The Bertz CT molecular complexity index is 198. The highest BCUT2D eigenvalue weighted by Gasteiger charge is 2.27. The first kappa shape index (κ1) is 15.2. The third kappa shape index (κ3) is 11.3. The second-order valence-corrected chi connectivity index (χ2v) is 3.22. The van der Waals surface area contributed by atoms with Gasteiger partial charge in [0.25, 0.3) is 0 Å². The lowest BCUT2D eigenvalue weighted by Gasteiger charge is -2.07. The minimum Gasteiger partial charge on any atom is -0.380 e. The summed E-state index contributed by atoms with van der Waals surface area (Å²) < 4.78 is 40.2. The zero-order chi connectivity index (χ0) is 12.4. The summed E-state index contributed by atoms with van der Waals surface area (Å²) in [5.74, 6) is -0.587. The highest BCUT2D eigenvalue weighted by Crippen LogP contribution is 2.20. The second-order valence-electron chi connectivity index (χ2n) is 3.22. The Labute approximate surface area is 92.3 Å². The van der Waals surface area contributed by atoms with Crippen LogP contribution in [0.25, 0.3) is 0 Å². The van der Waals surface area contributed by atoms with E-state index in [1.54, 1.807) is 0 Å². The van der Waals surface area contributed by atoms with Crippen molar-refractivity contribution in [3.63, 3.8) is 0 Å². The molecule has 3 N–H and O–H groups in total. The summed E-state index contributed by atoms with van der Waals surface area (Å²) in [5, 5.41) is 2.38. The molecular weight excluding hydrogens is 225 g/mol. The molecular formula is C9H17F3N2O2. The first-order chi connectivity index (χ1) is 7.45. The van der Waals surface area contributed by atoms with E-state index >= 15 is 0 Å². The van der Waals surface area contributed by atoms with Gasteiger partial charge in [0.1, 0.15) is 0 Å². The van der Waals surface area contributed by atoms with Crippen LogP contribution < -0.4 is 11.1 Å². The van der Waals surface area contributed by atoms with E-state index in [0.29, 0.717) is 32.7 Å². The van der Waals surface area contributed by atoms with Crippen molar-refractivity contribution >= 4 is 5.91 Å². The van der Waals surface area contributed by atoms with Crippen LogP contribution in [-0.2, 0) is 9.53 Å². The molecule has 0 unspecified atom stereocenters. The van der Waals surface area contributed by atoms with Gasteiger partial charge in [-0.3, -0.25) is 4.79 Å². The Balaban J connectivity index is 3.31. The first-order valence-electron chi connectivity index (χ1n) is 5.07. The molecule has 0 aromatic carbocycles. The number of carbonyl (C=O) groups is 1. The molecule has 0 spiro atoms. The lowest BCUT2D eigenvalue weighted by atomic mass is 10.3. The molecule has 0 aromatic rings. The molecule has 0 aromatic heterocycles. The van der Waals surface area contributed by atoms with E-state index < -0.39 is 24.9 Å². The Kier molecular flexibility index (Phi) is 7.92. The van der Waals surface area contributed by atoms with Gasteiger partial charge in [-0.05, 0) is 6.42 Å². The summed E-state index contributed by atoms with van der Waals surface area (Å²) in [5.41, 5.74) is 5.17. The molecule has 0 aliphatic heterocycles. The molecule has 0 atom stereocenters. The Morgan fingerprint density at radius 1 is 1.31 bits per heavy atom. The third-order valence-electron chi connectivity index (χ3n) is 1.69. The van der Waals surface area contributed by atoms with Gasteiger partial charge in [0, 0.05) is 26.1 Å². The summed E-state index contributed by atoms with van der Waals surface area (Å²) >= 11 is 0. The quantitative estimate of drug-likeness (QED) is 0.619. The molecule has 0 bridgehead atoms. The molecule has 1 amide bonds. The van der Waals surface area contributed by atoms with Crippen molar-refractivity contribution in [3.8, 4) is 0 Å². The Morgan fingerprint density at radius 2 is 2.00 bits per heavy atom. The highest BCUT2D eigenvalue weighted by atomic mass is 19.4. The number of hydrogen-bond donors (Lipinski definition) is 2. The molecule has 0 heterocycles. The number of carbonyl (C=O) groups excluding carboxylic acids is 1. The van der Waals surface area contributed by atoms with E-state index in [1.807, 2.05) is 0 Å². The maximum Gasteiger partial charge on any atom is 0.389 e. The zero-order valence-electron chi connectivity index (χ0n) is 8.98. The highest BCUT2D eigenvalue weighted by molar-refractivity contribution is 5.75. The predicted octanol–water partition coefficient (Wildman–Crippen LogP) is 0.810. The van der Waals surface area contributed by atoms with Crippen molar-refractivity contribution in [2.24, 2.45) is 5.73 Å². The maximum absolute atomic E-state index is 11.7. The fraction of sp³-hybridized carbons (Fsp3) is 0.889. The van der Waals surface area contributed by atoms with Gasteiger partial charge in [-0.2, -0.15) is 13.2 Å². The maximum atomic E-state index is 11.7. The summed E-state index contributed by atoms with van der Waals surface area (Å²) in [6.45, 7) is 1.64. The standard InChI is InChI=1S/C9H17F3N2O2/c10-9(11,12)3-2-8(15)14-5-1-6-16-7-4-13/h1-7,13H2,(H,14,15). The van der Waals surface area contributed by atoms with E-state index in [4.69, 9.17) is 10.5 Å². The van der Waals surface area contributed by atoms with Gasteiger partial charge < -0.3 is 15.8 Å². The number of halogens is 3. The van der Waals surface area contributed by atoms with Gasteiger partial charge in [0.2, 0.25) is 5.91 Å². The first-order valence-corrected chi connectivity index (χ1v) is 5.07. The van der Waals surface area contributed by atoms with Crippen molar-refractivity contribution in [1.82, 2.24) is 5.32 Å². The minimum atomic E-state index is -4.28. The van der Waals surface area contributed by atoms with Crippen molar-refractivity contribution in [1.29, 1.82) is 0 Å². The topological polar surface area (TPSA) is 64.3 Å². The fourth-order valence-corrected chi connectivity index (χ4v) is 0.931. The van der Waals surface area contributed by atoms with E-state index in [2.05, 4.69) is 5.32 Å². The number of nitrogens with two attached hydrogens (primary N) is 1. The Morgan fingerprint density at radius 3 is 2.56 bits per heavy atom. The van der Waals surface area contributed by atoms with Gasteiger partial charge >= 0.3 is 6.18 Å². The Hall–Kier alpha value is -0.820. The molecule has 0 fully saturated rings. The molecule has 7 heteroatoms. The van der Waals surface area contributed by atoms with E-state index in [0.717, 1.165) is 0 Å². The largest absolute Gasteiger partial charge is 0.389 e. The van der Waals surface area contributed by atoms with Crippen LogP contribution in [0.1, 0.15) is 19.3 Å². The van der Waals surface area contributed by atoms with Gasteiger partial charge in [-0.25, -0.2) is 0 Å². The van der Waals surface area contributed by atoms with E-state index in [-0.39, 0.29) is 0 Å². The van der Waals surface area contributed by atoms with Crippen molar-refractivity contribution < 1.29 is 22.7 Å². The third-order valence-corrected chi connectivity index (χ3v) is 1.69. The molecule has 0 saturated heterocycles. The molecule has 0 aliphatic carbocycles. The number of hydrogen-bond acceptors (Lipinski definition) is 3. The predicted molar refractivity (Wildman–Crippen MR) is 52.8 cm³/mol. The minimum absolute atomic E-state index is 0.321. The lowest BCUT2D eigenvalue weighted by Crippen LogP contribution is -2.26. The summed E-state index contributed by atoms with van der Waals surface area (Å²) in [6.07, 6.45) is -5.31. The monoisotopic (exact) mass is 242 g/mol. The van der Waals surface area contributed by atoms with Crippen LogP contribution in [-0.4, -0.2) is 38.4 Å². The van der Waals surface area contributed by atoms with Gasteiger partial charge in [0.05, 0.1) is 13.0 Å². The molecule has 0 radical (unpaired) electrons. The number of rotatable bonds is 8. The lowest BCUT2D eigenvalue weighted by molar-refractivity contribution is -0.144. The average Bonchev–Trinajstić information content (AvgIpc) is 2.19. The van der Waals surface area contributed by atoms with Gasteiger partial charge in [-0.1, -0.05) is 0 Å². The van der Waals surface area contributed by atoms with E-state index in [1.165, 1.54) is 0 Å². The average molecular weight is 242 g/mol. The molecule has 16 heavy (non-hydrogen) atoms. The van der Waals surface area contributed by atoms with Crippen LogP contribution in [0.15, 0.2) is 0 Å². The number of alkyl halides is 3. The van der Waals surface area contributed by atoms with Crippen molar-refractivity contribution in [2.75, 3.05) is 26.3 Å². The number of nitrogens with one attached hydrogen (secondary N) is 1. The van der Waals surface area contributed by atoms with E-state index in [9.17, 15) is 18.0 Å². The van der Waals surface area contributed by atoms with Crippen LogP contribution in [0.2, 0.25) is 0 Å². The SMILES string of the molecule is NCCOCCCNC(=O)CCC(F)(F)F. The number of ether oxygens (including phenoxy) is 1. The summed E-state index contributed by atoms with van der Waals surface area (Å²) in [4.78, 5) is 10.9. The van der Waals surface area contributed by atoms with Crippen LogP contribution >= 0.6 is 0 Å². The van der Waals surface area contributed by atoms with Crippen LogP contribution in [0.5, 0.6) is 0 Å². The molecule has 4 nitrogen and oxygen atoms in total. The fourth-order valence-electron chi connectivity index (χ4n) is 0.931. The van der Waals surface area contributed by atoms with Crippen LogP contribution in [0, 0.1) is 0 Å². The normalized spacial score (nSPS) is 11.5. The van der Waals surface area contributed by atoms with Crippen LogP contribution in [0.4, 0.5) is 13.2 Å². The smallest absolute Gasteiger partial charge is 0.380 e.